The number of amides is 1. The highest BCUT2D eigenvalue weighted by atomic mass is 79.9. The molecule has 0 atom stereocenters. The second-order valence-electron chi connectivity index (χ2n) is 6.01. The van der Waals surface area contributed by atoms with Crippen LogP contribution in [-0.4, -0.2) is 36.5 Å². The molecule has 1 aromatic rings. The van der Waals surface area contributed by atoms with Crippen LogP contribution in [0.5, 0.6) is 0 Å². The molecule has 0 radical (unpaired) electrons. The van der Waals surface area contributed by atoms with Crippen LogP contribution in [0, 0.1) is 11.7 Å². The van der Waals surface area contributed by atoms with Gasteiger partial charge in [0.15, 0.2) is 0 Å². The lowest BCUT2D eigenvalue weighted by Crippen LogP contribution is -2.45. The second-order valence-corrected chi connectivity index (χ2v) is 6.87. The molecule has 1 aromatic carbocycles. The fourth-order valence-electron chi connectivity index (χ4n) is 2.80. The van der Waals surface area contributed by atoms with Gasteiger partial charge in [0, 0.05) is 23.6 Å². The van der Waals surface area contributed by atoms with Crippen molar-refractivity contribution in [2.75, 3.05) is 19.6 Å². The van der Waals surface area contributed by atoms with Crippen LogP contribution in [0.25, 0.3) is 0 Å². The van der Waals surface area contributed by atoms with E-state index in [9.17, 15) is 9.18 Å². The van der Waals surface area contributed by atoms with Crippen LogP contribution < -0.4 is 5.32 Å². The summed E-state index contributed by atoms with van der Waals surface area (Å²) >= 11 is 3.27. The Kier molecular flexibility index (Phi) is 6.24. The third-order valence-corrected chi connectivity index (χ3v) is 5.01. The zero-order chi connectivity index (χ0) is 14.8. The summed E-state index contributed by atoms with van der Waals surface area (Å²) in [5, 5.41) is 3.58. The molecular weight excluding hydrogens is 371 g/mol. The lowest BCUT2D eigenvalue weighted by Gasteiger charge is -2.33. The van der Waals surface area contributed by atoms with E-state index in [0.717, 1.165) is 25.3 Å². The molecule has 1 saturated heterocycles. The van der Waals surface area contributed by atoms with Crippen LogP contribution in [0.2, 0.25) is 0 Å². The first-order valence-electron chi connectivity index (χ1n) is 7.62. The number of hydrogen-bond donors (Lipinski definition) is 1. The van der Waals surface area contributed by atoms with Crippen molar-refractivity contribution in [2.45, 2.75) is 31.7 Å². The van der Waals surface area contributed by atoms with Crippen molar-refractivity contribution in [1.29, 1.82) is 0 Å². The summed E-state index contributed by atoms with van der Waals surface area (Å²) in [6.45, 7) is 2.50. The topological polar surface area (TPSA) is 32.3 Å². The molecule has 6 heteroatoms. The molecule has 1 aliphatic carbocycles. The molecule has 22 heavy (non-hydrogen) atoms. The number of likely N-dealkylation sites (tertiary alicyclic amines) is 1. The molecule has 1 saturated carbocycles. The molecule has 3 rings (SSSR count). The van der Waals surface area contributed by atoms with Gasteiger partial charge in [-0.1, -0.05) is 6.07 Å². The zero-order valence-electron chi connectivity index (χ0n) is 12.4. The number of benzene rings is 1. The molecule has 0 bridgehead atoms. The molecule has 2 fully saturated rings. The first-order chi connectivity index (χ1) is 10.1. The van der Waals surface area contributed by atoms with E-state index in [4.69, 9.17) is 0 Å². The molecule has 1 aliphatic heterocycles. The molecule has 2 aliphatic rings. The van der Waals surface area contributed by atoms with E-state index in [1.807, 2.05) is 0 Å². The maximum Gasteiger partial charge on any atom is 0.257 e. The highest BCUT2D eigenvalue weighted by molar-refractivity contribution is 9.10. The Hall–Kier alpha value is -0.650. The maximum atomic E-state index is 13.9. The molecule has 1 amide bonds. The number of carbonyl (C=O) groups is 1. The van der Waals surface area contributed by atoms with Gasteiger partial charge in [0.2, 0.25) is 0 Å². The number of carbonyl (C=O) groups excluding carboxylic acids is 1. The largest absolute Gasteiger partial charge is 0.338 e. The molecular formula is C16H21BrClFN2O. The normalized spacial score (nSPS) is 18.9. The van der Waals surface area contributed by atoms with Crippen LogP contribution >= 0.6 is 28.3 Å². The fourth-order valence-corrected chi connectivity index (χ4v) is 3.31. The van der Waals surface area contributed by atoms with E-state index in [1.165, 1.54) is 18.9 Å². The van der Waals surface area contributed by atoms with Crippen LogP contribution in [0.4, 0.5) is 4.39 Å². The quantitative estimate of drug-likeness (QED) is 0.850. The van der Waals surface area contributed by atoms with Crippen LogP contribution in [0.1, 0.15) is 36.0 Å². The lowest BCUT2D eigenvalue weighted by molar-refractivity contribution is 0.0699. The average Bonchev–Trinajstić information content (AvgIpc) is 3.29. The Labute approximate surface area is 145 Å². The van der Waals surface area contributed by atoms with Crippen molar-refractivity contribution in [3.05, 3.63) is 34.1 Å². The van der Waals surface area contributed by atoms with Crippen molar-refractivity contribution >= 4 is 34.2 Å². The molecule has 1 heterocycles. The van der Waals surface area contributed by atoms with Crippen molar-refractivity contribution in [1.82, 2.24) is 10.2 Å². The smallest absolute Gasteiger partial charge is 0.257 e. The number of nitrogens with zero attached hydrogens (tertiary/aromatic N) is 1. The van der Waals surface area contributed by atoms with Crippen LogP contribution in [-0.2, 0) is 0 Å². The standard InChI is InChI=1S/C16H20BrFN2O.ClH/c17-13-2-1-3-14(18)15(13)16(21)20-8-6-12(7-9-20)19-10-11-4-5-11;/h1-3,11-12,19H,4-10H2;1H. The number of halogens is 3. The Morgan fingerprint density at radius 3 is 2.55 bits per heavy atom. The molecule has 3 nitrogen and oxygen atoms in total. The summed E-state index contributed by atoms with van der Waals surface area (Å²) in [5.41, 5.74) is 0.155. The first-order valence-corrected chi connectivity index (χ1v) is 8.41. The lowest BCUT2D eigenvalue weighted by atomic mass is 10.0. The van der Waals surface area contributed by atoms with Gasteiger partial charge in [-0.3, -0.25) is 4.79 Å². The molecule has 122 valence electrons. The van der Waals surface area contributed by atoms with Gasteiger partial charge in [-0.15, -0.1) is 12.4 Å². The maximum absolute atomic E-state index is 13.9. The third-order valence-electron chi connectivity index (χ3n) is 4.35. The van der Waals surface area contributed by atoms with E-state index >= 15 is 0 Å². The van der Waals surface area contributed by atoms with Crippen LogP contribution in [0.3, 0.4) is 0 Å². The monoisotopic (exact) mass is 390 g/mol. The summed E-state index contributed by atoms with van der Waals surface area (Å²) in [7, 11) is 0. The number of hydrogen-bond acceptors (Lipinski definition) is 2. The number of piperidine rings is 1. The second kappa shape index (κ2) is 7.75. The fraction of sp³-hybridized carbons (Fsp3) is 0.562. The molecule has 0 spiro atoms. The summed E-state index contributed by atoms with van der Waals surface area (Å²) in [6.07, 6.45) is 4.60. The summed E-state index contributed by atoms with van der Waals surface area (Å²) in [6, 6.07) is 5.14. The van der Waals surface area contributed by atoms with Gasteiger partial charge in [0.05, 0.1) is 5.56 Å². The van der Waals surface area contributed by atoms with Crippen molar-refractivity contribution in [3.8, 4) is 0 Å². The van der Waals surface area contributed by atoms with E-state index in [1.54, 1.807) is 17.0 Å². The van der Waals surface area contributed by atoms with E-state index in [0.29, 0.717) is 23.6 Å². The van der Waals surface area contributed by atoms with Gasteiger partial charge < -0.3 is 10.2 Å². The number of rotatable bonds is 4. The van der Waals surface area contributed by atoms with Crippen LogP contribution in [0.15, 0.2) is 22.7 Å². The van der Waals surface area contributed by atoms with Crippen molar-refractivity contribution in [3.63, 3.8) is 0 Å². The minimum absolute atomic E-state index is 0. The third kappa shape index (κ3) is 4.21. The molecule has 0 aromatic heterocycles. The van der Waals surface area contributed by atoms with Gasteiger partial charge in [0.1, 0.15) is 5.82 Å². The Morgan fingerprint density at radius 1 is 1.27 bits per heavy atom. The van der Waals surface area contributed by atoms with E-state index in [2.05, 4.69) is 21.2 Å². The Morgan fingerprint density at radius 2 is 1.95 bits per heavy atom. The van der Waals surface area contributed by atoms with Crippen molar-refractivity contribution < 1.29 is 9.18 Å². The predicted molar refractivity (Wildman–Crippen MR) is 91.0 cm³/mol. The van der Waals surface area contributed by atoms with Gasteiger partial charge in [-0.2, -0.15) is 0 Å². The molecule has 1 N–H and O–H groups in total. The minimum Gasteiger partial charge on any atom is -0.338 e. The van der Waals surface area contributed by atoms with Crippen molar-refractivity contribution in [2.24, 2.45) is 5.92 Å². The Balaban J connectivity index is 0.00000176. The predicted octanol–water partition coefficient (Wildman–Crippen LogP) is 3.61. The highest BCUT2D eigenvalue weighted by Gasteiger charge is 2.28. The minimum atomic E-state index is -0.455. The highest BCUT2D eigenvalue weighted by Crippen LogP contribution is 2.28. The van der Waals surface area contributed by atoms with Gasteiger partial charge in [0.25, 0.3) is 5.91 Å². The summed E-state index contributed by atoms with van der Waals surface area (Å²) in [4.78, 5) is 14.2. The van der Waals surface area contributed by atoms with Gasteiger partial charge in [-0.25, -0.2) is 4.39 Å². The average molecular weight is 392 g/mol. The summed E-state index contributed by atoms with van der Waals surface area (Å²) < 4.78 is 14.4. The SMILES string of the molecule is Cl.O=C(c1c(F)cccc1Br)N1CCC(NCC2CC2)CC1. The number of nitrogens with one attached hydrogen (secondary N) is 1. The van der Waals surface area contributed by atoms with E-state index in [-0.39, 0.29) is 23.9 Å². The molecule has 0 unspecified atom stereocenters. The zero-order valence-corrected chi connectivity index (χ0v) is 14.8. The van der Waals surface area contributed by atoms with Gasteiger partial charge >= 0.3 is 0 Å². The van der Waals surface area contributed by atoms with Gasteiger partial charge in [-0.05, 0) is 66.2 Å². The summed E-state index contributed by atoms with van der Waals surface area (Å²) in [5.74, 6) is 0.211. The Bertz CT molecular complexity index is 511. The first kappa shape index (κ1) is 17.7. The van der Waals surface area contributed by atoms with E-state index < -0.39 is 5.82 Å².